The van der Waals surface area contributed by atoms with E-state index < -0.39 is 4.92 Å². The van der Waals surface area contributed by atoms with Gasteiger partial charge in [0.25, 0.3) is 11.6 Å². The number of aromatic nitrogens is 1. The second-order valence-corrected chi connectivity index (χ2v) is 10.2. The predicted octanol–water partition coefficient (Wildman–Crippen LogP) is 6.13. The lowest BCUT2D eigenvalue weighted by Crippen LogP contribution is -2.39. The zero-order valence-corrected chi connectivity index (χ0v) is 19.6. The minimum Gasteiger partial charge on any atom is -0.342 e. The van der Waals surface area contributed by atoms with E-state index in [1.165, 1.54) is 30.3 Å². The minimum atomic E-state index is -0.392. The highest BCUT2D eigenvalue weighted by atomic mass is 32.2. The van der Waals surface area contributed by atoms with Crippen molar-refractivity contribution in [1.82, 2.24) is 9.47 Å². The van der Waals surface area contributed by atoms with Crippen LogP contribution in [0.3, 0.4) is 0 Å². The Bertz CT molecular complexity index is 1270. The number of hydrogen-bond donors (Lipinski definition) is 0. The number of non-ortho nitro benzene ring substituents is 1. The van der Waals surface area contributed by atoms with Crippen molar-refractivity contribution in [1.29, 1.82) is 0 Å². The van der Waals surface area contributed by atoms with Crippen LogP contribution in [-0.4, -0.2) is 30.7 Å². The summed E-state index contributed by atoms with van der Waals surface area (Å²) in [6.45, 7) is 0.579. The van der Waals surface area contributed by atoms with Gasteiger partial charge in [0.05, 0.1) is 9.83 Å². The summed E-state index contributed by atoms with van der Waals surface area (Å²) >= 11 is 6.97. The highest BCUT2D eigenvalue weighted by Crippen LogP contribution is 2.38. The van der Waals surface area contributed by atoms with Crippen LogP contribution < -0.4 is 0 Å². The van der Waals surface area contributed by atoms with Crippen molar-refractivity contribution in [2.45, 2.75) is 44.7 Å². The number of carbonyl (C=O) groups is 1. The van der Waals surface area contributed by atoms with E-state index in [-0.39, 0.29) is 17.6 Å². The molecule has 2 fully saturated rings. The second-order valence-electron chi connectivity index (χ2n) is 8.50. The molecule has 1 aromatic heterocycles. The summed E-state index contributed by atoms with van der Waals surface area (Å²) in [5.41, 5.74) is 3.06. The van der Waals surface area contributed by atoms with Crippen LogP contribution in [0.25, 0.3) is 17.0 Å². The van der Waals surface area contributed by atoms with Crippen LogP contribution in [0, 0.1) is 10.1 Å². The number of thiocarbonyl (C=S) groups is 1. The van der Waals surface area contributed by atoms with Crippen LogP contribution in [0.2, 0.25) is 0 Å². The normalized spacial score (nSPS) is 18.5. The fourth-order valence-corrected chi connectivity index (χ4v) is 6.11. The van der Waals surface area contributed by atoms with E-state index in [1.807, 2.05) is 35.4 Å². The number of para-hydroxylation sites is 1. The van der Waals surface area contributed by atoms with E-state index in [2.05, 4.69) is 10.6 Å². The number of thioether (sulfide) groups is 1. The molecule has 168 valence electrons. The van der Waals surface area contributed by atoms with Gasteiger partial charge < -0.3 is 4.57 Å². The molecule has 0 N–H and O–H groups in total. The molecule has 0 radical (unpaired) electrons. The number of nitro benzene ring substituents is 1. The first-order valence-corrected chi connectivity index (χ1v) is 12.3. The maximum atomic E-state index is 13.2. The van der Waals surface area contributed by atoms with Gasteiger partial charge in [-0.15, -0.1) is 0 Å². The lowest BCUT2D eigenvalue weighted by Gasteiger charge is -2.29. The number of fused-ring (bicyclic) bond motifs is 1. The molecule has 8 heteroatoms. The number of hydrogen-bond acceptors (Lipinski definition) is 5. The van der Waals surface area contributed by atoms with E-state index in [0.29, 0.717) is 15.8 Å². The van der Waals surface area contributed by atoms with Crippen LogP contribution in [0.1, 0.15) is 43.2 Å². The zero-order valence-electron chi connectivity index (χ0n) is 18.0. The first-order valence-electron chi connectivity index (χ1n) is 11.1. The summed E-state index contributed by atoms with van der Waals surface area (Å²) in [4.78, 5) is 26.3. The molecule has 2 aromatic carbocycles. The Hall–Kier alpha value is -2.97. The summed E-state index contributed by atoms with van der Waals surface area (Å²) in [5, 5.41) is 12.0. The molecule has 0 atom stereocenters. The van der Waals surface area contributed by atoms with Gasteiger partial charge in [0.2, 0.25) is 0 Å². The Morgan fingerprint density at radius 3 is 2.55 bits per heavy atom. The quantitative estimate of drug-likeness (QED) is 0.191. The van der Waals surface area contributed by atoms with Crippen molar-refractivity contribution in [3.63, 3.8) is 0 Å². The Morgan fingerprint density at radius 1 is 1.09 bits per heavy atom. The first-order chi connectivity index (χ1) is 16.0. The minimum absolute atomic E-state index is 0.0177. The fraction of sp³-hybridized carbons (Fsp3) is 0.280. The molecule has 1 aliphatic heterocycles. The van der Waals surface area contributed by atoms with Gasteiger partial charge in [-0.25, -0.2) is 0 Å². The molecule has 2 heterocycles. The molecule has 1 aliphatic carbocycles. The lowest BCUT2D eigenvalue weighted by molar-refractivity contribution is -0.384. The van der Waals surface area contributed by atoms with Crippen LogP contribution in [0.15, 0.2) is 59.6 Å². The average Bonchev–Trinajstić information content (AvgIpc) is 3.31. The van der Waals surface area contributed by atoms with Gasteiger partial charge in [0.15, 0.2) is 0 Å². The standard InChI is InChI=1S/C25H23N3O3S2/c29-24-23(33-25(32)27(24)19-6-2-1-3-7-19)14-18-16-26(22-9-5-4-8-21(18)22)15-17-10-12-20(13-11-17)28(30)31/h4-5,8-14,16,19H,1-3,6-7,15H2/b23-14+. The molecule has 33 heavy (non-hydrogen) atoms. The van der Waals surface area contributed by atoms with Gasteiger partial charge in [-0.05, 0) is 30.5 Å². The predicted molar refractivity (Wildman–Crippen MR) is 136 cm³/mol. The van der Waals surface area contributed by atoms with Gasteiger partial charge in [-0.2, -0.15) is 0 Å². The van der Waals surface area contributed by atoms with Crippen LogP contribution in [0.4, 0.5) is 5.69 Å². The smallest absolute Gasteiger partial charge is 0.269 e. The van der Waals surface area contributed by atoms with Crippen molar-refractivity contribution in [2.24, 2.45) is 0 Å². The molecule has 0 spiro atoms. The van der Waals surface area contributed by atoms with Gasteiger partial charge in [-0.3, -0.25) is 19.8 Å². The molecule has 0 unspecified atom stereocenters. The number of nitrogens with zero attached hydrogens (tertiary/aromatic N) is 3. The van der Waals surface area contributed by atoms with Crippen LogP contribution in [-0.2, 0) is 11.3 Å². The fourth-order valence-electron chi connectivity index (χ4n) is 4.72. The van der Waals surface area contributed by atoms with Crippen LogP contribution >= 0.6 is 24.0 Å². The molecule has 0 bridgehead atoms. The molecule has 1 saturated heterocycles. The largest absolute Gasteiger partial charge is 0.342 e. The third kappa shape index (κ3) is 4.32. The van der Waals surface area contributed by atoms with Crippen molar-refractivity contribution in [3.8, 4) is 0 Å². The number of nitro groups is 1. The maximum absolute atomic E-state index is 13.2. The monoisotopic (exact) mass is 477 g/mol. The van der Waals surface area contributed by atoms with Crippen LogP contribution in [0.5, 0.6) is 0 Å². The van der Waals surface area contributed by atoms with E-state index in [9.17, 15) is 14.9 Å². The summed E-state index contributed by atoms with van der Waals surface area (Å²) in [6.07, 6.45) is 9.57. The third-order valence-corrected chi connectivity index (χ3v) is 7.70. The molecular formula is C25H23N3O3S2. The van der Waals surface area contributed by atoms with Crippen molar-refractivity contribution in [3.05, 3.63) is 80.9 Å². The van der Waals surface area contributed by atoms with E-state index in [0.717, 1.165) is 47.7 Å². The molecule has 2 aliphatic rings. The SMILES string of the molecule is O=C1/C(=C\c2cn(Cc3ccc([N+](=O)[O-])cc3)c3ccccc23)SC(=S)N1C1CCCCC1. The summed E-state index contributed by atoms with van der Waals surface area (Å²) < 4.78 is 2.78. The number of amides is 1. The Morgan fingerprint density at radius 2 is 1.82 bits per heavy atom. The number of benzene rings is 2. The van der Waals surface area contributed by atoms with Gasteiger partial charge in [0, 0.05) is 47.4 Å². The van der Waals surface area contributed by atoms with Crippen molar-refractivity contribution >= 4 is 56.9 Å². The molecule has 6 nitrogen and oxygen atoms in total. The van der Waals surface area contributed by atoms with E-state index in [1.54, 1.807) is 12.1 Å². The molecule has 1 amide bonds. The number of carbonyl (C=O) groups excluding carboxylic acids is 1. The highest BCUT2D eigenvalue weighted by Gasteiger charge is 2.37. The Balaban J connectivity index is 1.45. The summed E-state index contributed by atoms with van der Waals surface area (Å²) in [7, 11) is 0. The van der Waals surface area contributed by atoms with Gasteiger partial charge >= 0.3 is 0 Å². The first kappa shape index (κ1) is 21.9. The highest BCUT2D eigenvalue weighted by molar-refractivity contribution is 8.26. The Kier molecular flexibility index (Phi) is 6.03. The number of rotatable bonds is 5. The van der Waals surface area contributed by atoms with E-state index in [4.69, 9.17) is 12.2 Å². The third-order valence-electron chi connectivity index (χ3n) is 6.37. The van der Waals surface area contributed by atoms with E-state index >= 15 is 0 Å². The molecule has 3 aromatic rings. The molecule has 1 saturated carbocycles. The molecular weight excluding hydrogens is 454 g/mol. The van der Waals surface area contributed by atoms with Gasteiger partial charge in [-0.1, -0.05) is 73.6 Å². The lowest BCUT2D eigenvalue weighted by atomic mass is 9.94. The Labute approximate surface area is 201 Å². The molecule has 5 rings (SSSR count). The zero-order chi connectivity index (χ0) is 22.9. The van der Waals surface area contributed by atoms with Gasteiger partial charge in [0.1, 0.15) is 4.32 Å². The summed E-state index contributed by atoms with van der Waals surface area (Å²) in [6, 6.07) is 14.9. The van der Waals surface area contributed by atoms with Crippen molar-refractivity contribution < 1.29 is 9.72 Å². The second kappa shape index (κ2) is 9.11. The average molecular weight is 478 g/mol. The maximum Gasteiger partial charge on any atom is 0.269 e. The van der Waals surface area contributed by atoms with Crippen molar-refractivity contribution in [2.75, 3.05) is 0 Å². The summed E-state index contributed by atoms with van der Waals surface area (Å²) in [5.74, 6) is 0.0177. The topological polar surface area (TPSA) is 68.4 Å².